The Bertz CT molecular complexity index is 128. The lowest BCUT2D eigenvalue weighted by Crippen LogP contribution is -2.32. The zero-order chi connectivity index (χ0) is 5.94. The molecule has 0 N–H and O–H groups in total. The molecule has 0 bridgehead atoms. The fraction of sp³-hybridized carbons (Fsp3) is 1.00. The molecule has 0 aromatic rings. The Balaban J connectivity index is 2.16. The van der Waals surface area contributed by atoms with Gasteiger partial charge in [0, 0.05) is 0 Å². The first kappa shape index (κ1) is 4.84. The van der Waals surface area contributed by atoms with Crippen LogP contribution in [0.15, 0.2) is 0 Å². The maximum Gasteiger partial charge on any atom is -0.0263 e. The van der Waals surface area contributed by atoms with Crippen molar-refractivity contribution >= 4 is 0 Å². The zero-order valence-electron chi connectivity index (χ0n) is 5.94. The number of fused-ring (bicyclic) bond motifs is 1. The Morgan fingerprint density at radius 1 is 1.38 bits per heavy atom. The van der Waals surface area contributed by atoms with Gasteiger partial charge >= 0.3 is 0 Å². The molecule has 2 aliphatic rings. The van der Waals surface area contributed by atoms with Gasteiger partial charge in [0.25, 0.3) is 0 Å². The second-order valence-electron chi connectivity index (χ2n) is 3.96. The summed E-state index contributed by atoms with van der Waals surface area (Å²) < 4.78 is 0. The lowest BCUT2D eigenvalue weighted by molar-refractivity contribution is 0.106. The van der Waals surface area contributed by atoms with E-state index in [1.54, 1.807) is 0 Å². The predicted molar refractivity (Wildman–Crippen MR) is 34.5 cm³/mol. The number of hydrogen-bond donors (Lipinski definition) is 0. The van der Waals surface area contributed by atoms with Crippen molar-refractivity contribution < 1.29 is 0 Å². The van der Waals surface area contributed by atoms with Crippen LogP contribution < -0.4 is 0 Å². The molecule has 0 spiro atoms. The summed E-state index contributed by atoms with van der Waals surface area (Å²) in [7, 11) is 0. The molecule has 46 valence electrons. The SMILES string of the molecule is CC1C(C)C2(C)CC12. The van der Waals surface area contributed by atoms with Crippen LogP contribution in [-0.2, 0) is 0 Å². The van der Waals surface area contributed by atoms with Gasteiger partial charge in [0.15, 0.2) is 0 Å². The van der Waals surface area contributed by atoms with Gasteiger partial charge in [-0.1, -0.05) is 20.8 Å². The summed E-state index contributed by atoms with van der Waals surface area (Å²) in [5.74, 6) is 3.19. The highest BCUT2D eigenvalue weighted by Crippen LogP contribution is 2.73. The molecule has 2 fully saturated rings. The van der Waals surface area contributed by atoms with Gasteiger partial charge in [0.05, 0.1) is 0 Å². The number of rotatable bonds is 0. The number of hydrogen-bond acceptors (Lipinski definition) is 0. The standard InChI is InChI=1S/C8H14/c1-5-6(2)8(3)4-7(5)8/h5-7H,4H2,1-3H3. The van der Waals surface area contributed by atoms with Crippen LogP contribution in [-0.4, -0.2) is 0 Å². The van der Waals surface area contributed by atoms with Crippen molar-refractivity contribution in [3.8, 4) is 0 Å². The normalized spacial score (nSPS) is 68.6. The van der Waals surface area contributed by atoms with E-state index in [-0.39, 0.29) is 0 Å². The average Bonchev–Trinajstić information content (AvgIpc) is 2.39. The molecule has 0 radical (unpaired) electrons. The molecule has 4 unspecified atom stereocenters. The smallest absolute Gasteiger partial charge is 0.0263 e. The van der Waals surface area contributed by atoms with E-state index in [1.807, 2.05) is 0 Å². The van der Waals surface area contributed by atoms with Gasteiger partial charge in [-0.25, -0.2) is 0 Å². The van der Waals surface area contributed by atoms with Crippen molar-refractivity contribution in [3.63, 3.8) is 0 Å². The molecule has 0 amide bonds. The maximum atomic E-state index is 2.43. The largest absolute Gasteiger partial charge is 0.0619 e. The van der Waals surface area contributed by atoms with Crippen molar-refractivity contribution in [2.45, 2.75) is 27.2 Å². The van der Waals surface area contributed by atoms with E-state index in [9.17, 15) is 0 Å². The third-order valence-corrected chi connectivity index (χ3v) is 3.81. The van der Waals surface area contributed by atoms with Crippen LogP contribution in [0, 0.1) is 23.2 Å². The molecule has 0 saturated heterocycles. The molecule has 0 aromatic carbocycles. The molecule has 2 rings (SSSR count). The van der Waals surface area contributed by atoms with Crippen molar-refractivity contribution in [1.82, 2.24) is 0 Å². The predicted octanol–water partition coefficient (Wildman–Crippen LogP) is 2.30. The first-order valence-electron chi connectivity index (χ1n) is 3.66. The monoisotopic (exact) mass is 110 g/mol. The topological polar surface area (TPSA) is 0 Å². The molecule has 0 heteroatoms. The fourth-order valence-electron chi connectivity index (χ4n) is 2.56. The third kappa shape index (κ3) is 0.284. The summed E-state index contributed by atoms with van der Waals surface area (Å²) in [6.07, 6.45) is 1.52. The van der Waals surface area contributed by atoms with E-state index >= 15 is 0 Å². The van der Waals surface area contributed by atoms with E-state index in [2.05, 4.69) is 20.8 Å². The summed E-state index contributed by atoms with van der Waals surface area (Å²) in [5.41, 5.74) is 0.819. The zero-order valence-corrected chi connectivity index (χ0v) is 5.94. The summed E-state index contributed by atoms with van der Waals surface area (Å²) in [6.45, 7) is 7.22. The quantitative estimate of drug-likeness (QED) is 0.449. The minimum atomic E-state index is 0.819. The summed E-state index contributed by atoms with van der Waals surface area (Å²) in [6, 6.07) is 0. The minimum Gasteiger partial charge on any atom is -0.0619 e. The Morgan fingerprint density at radius 3 is 2.12 bits per heavy atom. The summed E-state index contributed by atoms with van der Waals surface area (Å²) in [4.78, 5) is 0. The van der Waals surface area contributed by atoms with Crippen molar-refractivity contribution in [1.29, 1.82) is 0 Å². The molecule has 2 aliphatic carbocycles. The molecule has 2 saturated carbocycles. The molecule has 4 atom stereocenters. The highest BCUT2D eigenvalue weighted by Gasteiger charge is 2.66. The van der Waals surface area contributed by atoms with Gasteiger partial charge in [0.1, 0.15) is 0 Å². The lowest BCUT2D eigenvalue weighted by Gasteiger charge is -2.37. The van der Waals surface area contributed by atoms with Crippen molar-refractivity contribution in [3.05, 3.63) is 0 Å². The Morgan fingerprint density at radius 2 is 2.00 bits per heavy atom. The Kier molecular flexibility index (Phi) is 0.595. The maximum absolute atomic E-state index is 2.43. The van der Waals surface area contributed by atoms with Crippen LogP contribution in [0.3, 0.4) is 0 Å². The van der Waals surface area contributed by atoms with Gasteiger partial charge in [-0.2, -0.15) is 0 Å². The second kappa shape index (κ2) is 0.984. The van der Waals surface area contributed by atoms with Gasteiger partial charge in [-0.15, -0.1) is 0 Å². The van der Waals surface area contributed by atoms with E-state index in [0.29, 0.717) is 0 Å². The molecular weight excluding hydrogens is 96.1 g/mol. The first-order valence-corrected chi connectivity index (χ1v) is 3.66. The van der Waals surface area contributed by atoms with Crippen LogP contribution in [0.1, 0.15) is 27.2 Å². The first-order chi connectivity index (χ1) is 3.66. The molecule has 0 heterocycles. The van der Waals surface area contributed by atoms with Crippen LogP contribution in [0.5, 0.6) is 0 Å². The van der Waals surface area contributed by atoms with Crippen LogP contribution in [0.2, 0.25) is 0 Å². The van der Waals surface area contributed by atoms with E-state index in [4.69, 9.17) is 0 Å². The van der Waals surface area contributed by atoms with Crippen molar-refractivity contribution in [2.24, 2.45) is 23.2 Å². The molecule has 0 aliphatic heterocycles. The lowest BCUT2D eigenvalue weighted by atomic mass is 9.68. The molecule has 0 nitrogen and oxygen atoms in total. The third-order valence-electron chi connectivity index (χ3n) is 3.81. The minimum absolute atomic E-state index is 0.819. The fourth-order valence-corrected chi connectivity index (χ4v) is 2.56. The summed E-state index contributed by atoms with van der Waals surface area (Å²) in [5, 5.41) is 0. The molecule has 0 aromatic heterocycles. The molecule has 8 heavy (non-hydrogen) atoms. The van der Waals surface area contributed by atoms with Crippen LogP contribution in [0.25, 0.3) is 0 Å². The van der Waals surface area contributed by atoms with Gasteiger partial charge in [0.2, 0.25) is 0 Å². The van der Waals surface area contributed by atoms with Crippen LogP contribution in [0.4, 0.5) is 0 Å². The average molecular weight is 110 g/mol. The van der Waals surface area contributed by atoms with Gasteiger partial charge in [-0.05, 0) is 29.6 Å². The Labute approximate surface area is 51.3 Å². The summed E-state index contributed by atoms with van der Waals surface area (Å²) >= 11 is 0. The highest BCUT2D eigenvalue weighted by atomic mass is 14.7. The van der Waals surface area contributed by atoms with Crippen molar-refractivity contribution in [2.75, 3.05) is 0 Å². The van der Waals surface area contributed by atoms with Gasteiger partial charge in [-0.3, -0.25) is 0 Å². The Hall–Kier alpha value is 0. The highest BCUT2D eigenvalue weighted by molar-refractivity contribution is 5.15. The van der Waals surface area contributed by atoms with E-state index in [0.717, 1.165) is 23.2 Å². The van der Waals surface area contributed by atoms with Gasteiger partial charge < -0.3 is 0 Å². The van der Waals surface area contributed by atoms with E-state index < -0.39 is 0 Å². The van der Waals surface area contributed by atoms with E-state index in [1.165, 1.54) is 6.42 Å². The van der Waals surface area contributed by atoms with Crippen LogP contribution >= 0.6 is 0 Å². The second-order valence-corrected chi connectivity index (χ2v) is 3.96. The molecular formula is C8H14.